The van der Waals surface area contributed by atoms with Crippen molar-refractivity contribution in [3.8, 4) is 0 Å². The fourth-order valence-corrected chi connectivity index (χ4v) is 1.73. The summed E-state index contributed by atoms with van der Waals surface area (Å²) >= 11 is 0. The van der Waals surface area contributed by atoms with Crippen LogP contribution < -0.4 is 5.32 Å². The third-order valence-corrected chi connectivity index (χ3v) is 2.78. The molecule has 1 rings (SSSR count). The van der Waals surface area contributed by atoms with Crippen LogP contribution in [0.15, 0.2) is 24.3 Å². The van der Waals surface area contributed by atoms with Gasteiger partial charge in [-0.25, -0.2) is 0 Å². The van der Waals surface area contributed by atoms with E-state index in [4.69, 9.17) is 0 Å². The van der Waals surface area contributed by atoms with E-state index in [0.717, 1.165) is 30.8 Å². The monoisotopic (exact) mass is 274 g/mol. The molecule has 0 aromatic heterocycles. The van der Waals surface area contributed by atoms with Crippen LogP contribution >= 0.6 is 0 Å². The molecule has 0 aliphatic heterocycles. The van der Waals surface area contributed by atoms with Gasteiger partial charge in [-0.2, -0.15) is 13.2 Å². The maximum Gasteiger partial charge on any atom is 0.416 e. The van der Waals surface area contributed by atoms with Crippen molar-refractivity contribution in [2.24, 2.45) is 0 Å². The quantitative estimate of drug-likeness (QED) is 0.857. The number of hydrogen-bond donors (Lipinski definition) is 1. The molecule has 0 spiro atoms. The average molecular weight is 274 g/mol. The van der Waals surface area contributed by atoms with Crippen molar-refractivity contribution >= 4 is 0 Å². The molecule has 0 amide bonds. The minimum atomic E-state index is -4.26. The molecule has 19 heavy (non-hydrogen) atoms. The summed E-state index contributed by atoms with van der Waals surface area (Å²) in [6.45, 7) is 6.54. The lowest BCUT2D eigenvalue weighted by molar-refractivity contribution is -0.137. The molecule has 0 fully saturated rings. The lowest BCUT2D eigenvalue weighted by Crippen LogP contribution is -2.32. The van der Waals surface area contributed by atoms with Gasteiger partial charge in [0.25, 0.3) is 0 Å². The first-order valence-corrected chi connectivity index (χ1v) is 6.37. The number of benzene rings is 1. The zero-order valence-electron chi connectivity index (χ0n) is 11.6. The topological polar surface area (TPSA) is 15.3 Å². The highest BCUT2D eigenvalue weighted by atomic mass is 19.4. The maximum atomic E-state index is 12.4. The van der Waals surface area contributed by atoms with Crippen molar-refractivity contribution < 1.29 is 13.2 Å². The van der Waals surface area contributed by atoms with Crippen molar-refractivity contribution in [3.05, 3.63) is 35.4 Å². The summed E-state index contributed by atoms with van der Waals surface area (Å²) in [4.78, 5) is 2.08. The summed E-state index contributed by atoms with van der Waals surface area (Å²) in [5, 5.41) is 3.30. The van der Waals surface area contributed by atoms with Gasteiger partial charge in [0.15, 0.2) is 0 Å². The Morgan fingerprint density at radius 3 is 2.21 bits per heavy atom. The number of rotatable bonds is 6. The fourth-order valence-electron chi connectivity index (χ4n) is 1.73. The molecule has 5 heteroatoms. The van der Waals surface area contributed by atoms with Crippen molar-refractivity contribution in [2.75, 3.05) is 20.1 Å². The number of hydrogen-bond acceptors (Lipinski definition) is 2. The maximum absolute atomic E-state index is 12.4. The van der Waals surface area contributed by atoms with E-state index in [0.29, 0.717) is 12.6 Å². The Bertz CT molecular complexity index is 371. The number of likely N-dealkylation sites (N-methyl/N-ethyl adjacent to an activating group) is 1. The summed E-state index contributed by atoms with van der Waals surface area (Å²) < 4.78 is 37.2. The highest BCUT2D eigenvalue weighted by Gasteiger charge is 2.29. The van der Waals surface area contributed by atoms with Crippen molar-refractivity contribution in [1.29, 1.82) is 0 Å². The molecule has 0 atom stereocenters. The van der Waals surface area contributed by atoms with Gasteiger partial charge in [0, 0.05) is 25.7 Å². The van der Waals surface area contributed by atoms with Crippen molar-refractivity contribution in [2.45, 2.75) is 32.6 Å². The van der Waals surface area contributed by atoms with Gasteiger partial charge >= 0.3 is 6.18 Å². The van der Waals surface area contributed by atoms with Crippen LogP contribution in [0, 0.1) is 0 Å². The summed E-state index contributed by atoms with van der Waals surface area (Å²) in [6.07, 6.45) is -4.26. The van der Waals surface area contributed by atoms with E-state index in [1.807, 2.05) is 7.05 Å². The van der Waals surface area contributed by atoms with Crippen LogP contribution in [0.1, 0.15) is 25.0 Å². The van der Waals surface area contributed by atoms with Gasteiger partial charge in [-0.3, -0.25) is 0 Å². The van der Waals surface area contributed by atoms with Crippen molar-refractivity contribution in [3.63, 3.8) is 0 Å². The Kier molecular flexibility index (Phi) is 5.82. The van der Waals surface area contributed by atoms with Crippen LogP contribution in [-0.4, -0.2) is 31.1 Å². The molecule has 1 N–H and O–H groups in total. The SMILES string of the molecule is CC(C)NCCN(C)Cc1ccc(C(F)(F)F)cc1. The van der Waals surface area contributed by atoms with E-state index in [1.165, 1.54) is 12.1 Å². The molecule has 2 nitrogen and oxygen atoms in total. The second-order valence-corrected chi connectivity index (χ2v) is 5.04. The minimum absolute atomic E-state index is 0.444. The van der Waals surface area contributed by atoms with E-state index in [9.17, 15) is 13.2 Å². The Morgan fingerprint density at radius 1 is 1.16 bits per heavy atom. The number of alkyl halides is 3. The van der Waals surface area contributed by atoms with E-state index < -0.39 is 11.7 Å². The summed E-state index contributed by atoms with van der Waals surface area (Å²) in [5.74, 6) is 0. The third-order valence-electron chi connectivity index (χ3n) is 2.78. The number of nitrogens with one attached hydrogen (secondary N) is 1. The lowest BCUT2D eigenvalue weighted by atomic mass is 10.1. The average Bonchev–Trinajstić information content (AvgIpc) is 2.27. The molecule has 0 saturated heterocycles. The van der Waals surface area contributed by atoms with E-state index in [1.54, 1.807) is 0 Å². The van der Waals surface area contributed by atoms with Crippen LogP contribution in [0.2, 0.25) is 0 Å². The van der Waals surface area contributed by atoms with Crippen LogP contribution in [0.3, 0.4) is 0 Å². The second-order valence-electron chi connectivity index (χ2n) is 5.04. The Morgan fingerprint density at radius 2 is 1.74 bits per heavy atom. The Labute approximate surface area is 112 Å². The molecule has 0 unspecified atom stereocenters. The molecule has 1 aromatic rings. The van der Waals surface area contributed by atoms with Gasteiger partial charge in [-0.15, -0.1) is 0 Å². The highest BCUT2D eigenvalue weighted by Crippen LogP contribution is 2.29. The summed E-state index contributed by atoms with van der Waals surface area (Å²) in [6, 6.07) is 5.79. The normalized spacial score (nSPS) is 12.4. The predicted molar refractivity (Wildman–Crippen MR) is 70.9 cm³/mol. The first-order chi connectivity index (χ1) is 8.79. The second kappa shape index (κ2) is 6.91. The van der Waals surface area contributed by atoms with Gasteiger partial charge in [0.1, 0.15) is 0 Å². The fraction of sp³-hybridized carbons (Fsp3) is 0.571. The van der Waals surface area contributed by atoms with Crippen LogP contribution in [-0.2, 0) is 12.7 Å². The zero-order valence-corrected chi connectivity index (χ0v) is 11.6. The van der Waals surface area contributed by atoms with Crippen LogP contribution in [0.5, 0.6) is 0 Å². The van der Waals surface area contributed by atoms with Gasteiger partial charge in [0.2, 0.25) is 0 Å². The first kappa shape index (κ1) is 16.0. The minimum Gasteiger partial charge on any atom is -0.313 e. The lowest BCUT2D eigenvalue weighted by Gasteiger charge is -2.18. The molecule has 0 saturated carbocycles. The van der Waals surface area contributed by atoms with E-state index in [-0.39, 0.29) is 0 Å². The van der Waals surface area contributed by atoms with E-state index >= 15 is 0 Å². The van der Waals surface area contributed by atoms with Crippen LogP contribution in [0.4, 0.5) is 13.2 Å². The standard InChI is InChI=1S/C14H21F3N2/c1-11(2)18-8-9-19(3)10-12-4-6-13(7-5-12)14(15,16)17/h4-7,11,18H,8-10H2,1-3H3. The first-order valence-electron chi connectivity index (χ1n) is 6.37. The predicted octanol–water partition coefficient (Wildman–Crippen LogP) is 3.14. The van der Waals surface area contributed by atoms with Gasteiger partial charge < -0.3 is 10.2 Å². The Hall–Kier alpha value is -1.07. The van der Waals surface area contributed by atoms with Gasteiger partial charge in [-0.05, 0) is 24.7 Å². The molecule has 0 aliphatic rings. The number of nitrogens with zero attached hydrogens (tertiary/aromatic N) is 1. The zero-order chi connectivity index (χ0) is 14.5. The number of halogens is 3. The highest BCUT2D eigenvalue weighted by molar-refractivity contribution is 5.24. The molecule has 0 bridgehead atoms. The van der Waals surface area contributed by atoms with Crippen molar-refractivity contribution in [1.82, 2.24) is 10.2 Å². The van der Waals surface area contributed by atoms with Gasteiger partial charge in [0.05, 0.1) is 5.56 Å². The molecule has 0 heterocycles. The Balaban J connectivity index is 2.44. The molecule has 108 valence electrons. The molecular formula is C14H21F3N2. The largest absolute Gasteiger partial charge is 0.416 e. The van der Waals surface area contributed by atoms with E-state index in [2.05, 4.69) is 24.1 Å². The molecule has 0 radical (unpaired) electrons. The van der Waals surface area contributed by atoms with Crippen LogP contribution in [0.25, 0.3) is 0 Å². The summed E-state index contributed by atoms with van der Waals surface area (Å²) in [5.41, 5.74) is 0.292. The molecule has 1 aromatic carbocycles. The molecular weight excluding hydrogens is 253 g/mol. The molecule has 0 aliphatic carbocycles. The third kappa shape index (κ3) is 6.07. The van der Waals surface area contributed by atoms with Gasteiger partial charge in [-0.1, -0.05) is 26.0 Å². The summed E-state index contributed by atoms with van der Waals surface area (Å²) in [7, 11) is 1.96. The smallest absolute Gasteiger partial charge is 0.313 e.